The van der Waals surface area contributed by atoms with Gasteiger partial charge in [-0.15, -0.1) is 0 Å². The molecule has 0 N–H and O–H groups in total. The molecule has 0 aromatic rings. The number of esters is 3. The highest BCUT2D eigenvalue weighted by Gasteiger charge is 2.19. The van der Waals surface area contributed by atoms with Crippen molar-refractivity contribution >= 4 is 17.9 Å². The number of ether oxygens (including phenoxy) is 3. The highest BCUT2D eigenvalue weighted by atomic mass is 16.6. The van der Waals surface area contributed by atoms with Crippen LogP contribution in [0.3, 0.4) is 0 Å². The van der Waals surface area contributed by atoms with E-state index < -0.39 is 6.10 Å². The van der Waals surface area contributed by atoms with Crippen molar-refractivity contribution in [3.63, 3.8) is 0 Å². The van der Waals surface area contributed by atoms with Gasteiger partial charge in [0.25, 0.3) is 0 Å². The molecule has 0 heterocycles. The molecule has 0 aromatic carbocycles. The van der Waals surface area contributed by atoms with Gasteiger partial charge in [0.2, 0.25) is 0 Å². The van der Waals surface area contributed by atoms with Crippen molar-refractivity contribution < 1.29 is 28.6 Å². The van der Waals surface area contributed by atoms with Crippen LogP contribution in [0.1, 0.15) is 260 Å². The Morgan fingerprint density at radius 1 is 0.364 bits per heavy atom. The molecule has 326 valence electrons. The van der Waals surface area contributed by atoms with Gasteiger partial charge < -0.3 is 14.2 Å². The van der Waals surface area contributed by atoms with Crippen LogP contribution in [0, 0.1) is 17.8 Å². The molecule has 0 amide bonds. The van der Waals surface area contributed by atoms with Crippen molar-refractivity contribution in [1.29, 1.82) is 0 Å². The Labute approximate surface area is 342 Å². The molecular formula is C49H94O6. The zero-order valence-electron chi connectivity index (χ0n) is 37.7. The van der Waals surface area contributed by atoms with E-state index in [2.05, 4.69) is 41.5 Å². The minimum atomic E-state index is -0.762. The number of hydrogen-bond acceptors (Lipinski definition) is 6. The second kappa shape index (κ2) is 40.6. The third kappa shape index (κ3) is 41.9. The smallest absolute Gasteiger partial charge is 0.306 e. The van der Waals surface area contributed by atoms with Crippen LogP contribution in [-0.2, 0) is 28.6 Å². The third-order valence-corrected chi connectivity index (χ3v) is 11.3. The Morgan fingerprint density at radius 2 is 0.636 bits per heavy atom. The Hall–Kier alpha value is -1.59. The number of carbonyl (C=O) groups excluding carboxylic acids is 3. The second-order valence-electron chi connectivity index (χ2n) is 17.9. The normalized spacial score (nSPS) is 12.7. The summed E-state index contributed by atoms with van der Waals surface area (Å²) < 4.78 is 16.7. The third-order valence-electron chi connectivity index (χ3n) is 11.3. The van der Waals surface area contributed by atoms with Crippen molar-refractivity contribution in [2.75, 3.05) is 13.2 Å². The lowest BCUT2D eigenvalue weighted by Gasteiger charge is -2.18. The van der Waals surface area contributed by atoms with Gasteiger partial charge >= 0.3 is 17.9 Å². The summed E-state index contributed by atoms with van der Waals surface area (Å²) in [6.45, 7) is 13.6. The van der Waals surface area contributed by atoms with Gasteiger partial charge in [-0.3, -0.25) is 14.4 Å². The molecule has 1 unspecified atom stereocenters. The van der Waals surface area contributed by atoms with Crippen LogP contribution in [0.5, 0.6) is 0 Å². The number of rotatable bonds is 42. The Kier molecular flexibility index (Phi) is 39.4. The van der Waals surface area contributed by atoms with Gasteiger partial charge in [0.05, 0.1) is 0 Å². The first-order valence-electron chi connectivity index (χ1n) is 24.1. The van der Waals surface area contributed by atoms with Crippen LogP contribution >= 0.6 is 0 Å². The van der Waals surface area contributed by atoms with Crippen LogP contribution in [0.2, 0.25) is 0 Å². The summed E-state index contributed by atoms with van der Waals surface area (Å²) in [7, 11) is 0. The number of carbonyl (C=O) groups is 3. The largest absolute Gasteiger partial charge is 0.462 e. The Bertz CT molecular complexity index is 854. The van der Waals surface area contributed by atoms with Crippen molar-refractivity contribution in [3.8, 4) is 0 Å². The molecule has 0 rings (SSSR count). The number of hydrogen-bond donors (Lipinski definition) is 0. The molecule has 0 aliphatic carbocycles. The fraction of sp³-hybridized carbons (Fsp3) is 0.939. The molecule has 2 atom stereocenters. The van der Waals surface area contributed by atoms with E-state index in [-0.39, 0.29) is 31.1 Å². The first-order valence-corrected chi connectivity index (χ1v) is 24.1. The SMILES string of the molecule is CCC(C)CCCCCCCCCCCCC(=O)OC[C@@H](COC(=O)CCCCCCCCCCCCCC(C)C)OC(=O)CCCCCCCCC(C)C. The van der Waals surface area contributed by atoms with Gasteiger partial charge in [0, 0.05) is 19.3 Å². The average Bonchev–Trinajstić information content (AvgIpc) is 3.15. The molecule has 6 heteroatoms. The van der Waals surface area contributed by atoms with Crippen molar-refractivity contribution in [2.24, 2.45) is 17.8 Å². The van der Waals surface area contributed by atoms with E-state index in [9.17, 15) is 14.4 Å². The molecule has 6 nitrogen and oxygen atoms in total. The lowest BCUT2D eigenvalue weighted by molar-refractivity contribution is -0.167. The molecule has 0 radical (unpaired) electrons. The maximum Gasteiger partial charge on any atom is 0.306 e. The molecule has 0 aliphatic rings. The van der Waals surface area contributed by atoms with E-state index in [0.717, 1.165) is 75.5 Å². The summed E-state index contributed by atoms with van der Waals surface area (Å²) in [4.78, 5) is 37.8. The van der Waals surface area contributed by atoms with Gasteiger partial charge in [0.15, 0.2) is 6.10 Å². The van der Waals surface area contributed by atoms with E-state index in [1.807, 2.05) is 0 Å². The summed E-state index contributed by atoms with van der Waals surface area (Å²) in [5.41, 5.74) is 0. The van der Waals surface area contributed by atoms with Crippen molar-refractivity contribution in [3.05, 3.63) is 0 Å². The standard InChI is InChI=1S/C49H94O6/c1-7-45(6)37-31-25-18-14-11-12-16-20-27-33-39-48(51)54-42-46(55-49(52)40-34-28-22-21-24-30-36-44(4)5)41-53-47(50)38-32-26-19-15-10-8-9-13-17-23-29-35-43(2)3/h43-46H,7-42H2,1-6H3/t45?,46-/m1/s1. The van der Waals surface area contributed by atoms with Crippen molar-refractivity contribution in [1.82, 2.24) is 0 Å². The Morgan fingerprint density at radius 3 is 0.945 bits per heavy atom. The minimum absolute atomic E-state index is 0.0664. The first kappa shape index (κ1) is 53.4. The van der Waals surface area contributed by atoms with Crippen LogP contribution in [-0.4, -0.2) is 37.2 Å². The van der Waals surface area contributed by atoms with E-state index >= 15 is 0 Å². The van der Waals surface area contributed by atoms with Crippen LogP contribution in [0.25, 0.3) is 0 Å². The van der Waals surface area contributed by atoms with Crippen LogP contribution in [0.4, 0.5) is 0 Å². The van der Waals surface area contributed by atoms with Gasteiger partial charge in [-0.25, -0.2) is 0 Å². The molecule has 0 saturated carbocycles. The lowest BCUT2D eigenvalue weighted by atomic mass is 9.99. The molecule has 55 heavy (non-hydrogen) atoms. The monoisotopic (exact) mass is 779 g/mol. The van der Waals surface area contributed by atoms with Crippen LogP contribution in [0.15, 0.2) is 0 Å². The Balaban J connectivity index is 4.29. The van der Waals surface area contributed by atoms with Gasteiger partial charge in [-0.05, 0) is 37.0 Å². The summed E-state index contributed by atoms with van der Waals surface area (Å²) in [6.07, 6.45) is 38.1. The molecular weight excluding hydrogens is 685 g/mol. The average molecular weight is 779 g/mol. The van der Waals surface area contributed by atoms with Gasteiger partial charge in [0.1, 0.15) is 13.2 Å². The first-order chi connectivity index (χ1) is 26.6. The highest BCUT2D eigenvalue weighted by Crippen LogP contribution is 2.17. The van der Waals surface area contributed by atoms with Gasteiger partial charge in [-0.1, -0.05) is 221 Å². The molecule has 0 aromatic heterocycles. The van der Waals surface area contributed by atoms with E-state index in [1.165, 1.54) is 141 Å². The fourth-order valence-electron chi connectivity index (χ4n) is 7.20. The predicted octanol–water partition coefficient (Wildman–Crippen LogP) is 15.2. The topological polar surface area (TPSA) is 78.9 Å². The molecule has 0 fully saturated rings. The van der Waals surface area contributed by atoms with Crippen molar-refractivity contribution in [2.45, 2.75) is 266 Å². The number of unbranched alkanes of at least 4 members (excludes halogenated alkanes) is 24. The van der Waals surface area contributed by atoms with Crippen LogP contribution < -0.4 is 0 Å². The molecule has 0 spiro atoms. The highest BCUT2D eigenvalue weighted by molar-refractivity contribution is 5.71. The fourth-order valence-corrected chi connectivity index (χ4v) is 7.20. The van der Waals surface area contributed by atoms with Gasteiger partial charge in [-0.2, -0.15) is 0 Å². The quantitative estimate of drug-likeness (QED) is 0.0349. The molecule has 0 saturated heterocycles. The zero-order chi connectivity index (χ0) is 40.6. The molecule has 0 aliphatic heterocycles. The summed E-state index contributed by atoms with van der Waals surface area (Å²) in [5, 5.41) is 0. The zero-order valence-corrected chi connectivity index (χ0v) is 37.7. The lowest BCUT2D eigenvalue weighted by Crippen LogP contribution is -2.30. The summed E-state index contributed by atoms with van der Waals surface area (Å²) >= 11 is 0. The van der Waals surface area contributed by atoms with E-state index in [0.29, 0.717) is 19.3 Å². The second-order valence-corrected chi connectivity index (χ2v) is 17.9. The van der Waals surface area contributed by atoms with E-state index in [4.69, 9.17) is 14.2 Å². The minimum Gasteiger partial charge on any atom is -0.462 e. The molecule has 0 bridgehead atoms. The van der Waals surface area contributed by atoms with E-state index in [1.54, 1.807) is 0 Å². The summed E-state index contributed by atoms with van der Waals surface area (Å²) in [6, 6.07) is 0. The maximum absolute atomic E-state index is 12.7. The maximum atomic E-state index is 12.7. The predicted molar refractivity (Wildman–Crippen MR) is 233 cm³/mol. The summed E-state index contributed by atoms with van der Waals surface area (Å²) in [5.74, 6) is 1.59.